The highest BCUT2D eigenvalue weighted by atomic mass is 19.1. The van der Waals surface area contributed by atoms with Gasteiger partial charge in [0, 0.05) is 17.7 Å². The molecule has 2 aromatic carbocycles. The normalized spacial score (nSPS) is 16.5. The Hall–Kier alpha value is -2.69. The van der Waals surface area contributed by atoms with Crippen LogP contribution in [0.25, 0.3) is 11.4 Å². The summed E-state index contributed by atoms with van der Waals surface area (Å²) in [5, 5.41) is 7.34. The second kappa shape index (κ2) is 4.70. The van der Waals surface area contributed by atoms with E-state index in [9.17, 15) is 4.39 Å². The van der Waals surface area contributed by atoms with Crippen LogP contribution in [0.15, 0.2) is 53.1 Å². The van der Waals surface area contributed by atoms with Gasteiger partial charge in [-0.05, 0) is 35.9 Å². The first kappa shape index (κ1) is 12.1. The summed E-state index contributed by atoms with van der Waals surface area (Å²) in [6.07, 6.45) is 0.821. The van der Waals surface area contributed by atoms with Gasteiger partial charge in [-0.25, -0.2) is 4.39 Å². The average molecular weight is 281 g/mol. The van der Waals surface area contributed by atoms with Crippen molar-refractivity contribution in [1.29, 1.82) is 0 Å². The Morgan fingerprint density at radius 1 is 1.10 bits per heavy atom. The zero-order chi connectivity index (χ0) is 14.2. The quantitative estimate of drug-likeness (QED) is 0.780. The number of rotatable bonds is 2. The van der Waals surface area contributed by atoms with Gasteiger partial charge >= 0.3 is 0 Å². The Morgan fingerprint density at radius 3 is 2.71 bits per heavy atom. The van der Waals surface area contributed by atoms with E-state index in [1.54, 1.807) is 12.1 Å². The van der Waals surface area contributed by atoms with Gasteiger partial charge in [0.15, 0.2) is 0 Å². The van der Waals surface area contributed by atoms with Crippen molar-refractivity contribution in [3.05, 3.63) is 65.8 Å². The fraction of sp³-hybridized carbons (Fsp3) is 0.125. The van der Waals surface area contributed by atoms with Crippen LogP contribution in [-0.2, 0) is 6.42 Å². The third-order valence-corrected chi connectivity index (χ3v) is 3.61. The van der Waals surface area contributed by atoms with Crippen molar-refractivity contribution < 1.29 is 8.91 Å². The van der Waals surface area contributed by atoms with Gasteiger partial charge < -0.3 is 9.84 Å². The molecular weight excluding hydrogens is 269 g/mol. The molecule has 1 aromatic heterocycles. The van der Waals surface area contributed by atoms with Crippen LogP contribution in [0.4, 0.5) is 10.1 Å². The molecule has 1 aliphatic heterocycles. The monoisotopic (exact) mass is 281 g/mol. The molecule has 104 valence electrons. The molecule has 4 rings (SSSR count). The largest absolute Gasteiger partial charge is 0.373 e. The molecule has 4 nitrogen and oxygen atoms in total. The third-order valence-electron chi connectivity index (χ3n) is 3.61. The van der Waals surface area contributed by atoms with E-state index in [1.807, 2.05) is 18.2 Å². The van der Waals surface area contributed by atoms with E-state index < -0.39 is 0 Å². The Labute approximate surface area is 120 Å². The molecule has 1 aliphatic rings. The van der Waals surface area contributed by atoms with Crippen molar-refractivity contribution in [3.8, 4) is 11.4 Å². The summed E-state index contributed by atoms with van der Waals surface area (Å²) >= 11 is 0. The van der Waals surface area contributed by atoms with Crippen molar-refractivity contribution in [1.82, 2.24) is 10.1 Å². The summed E-state index contributed by atoms with van der Waals surface area (Å²) < 4.78 is 18.3. The molecule has 21 heavy (non-hydrogen) atoms. The molecule has 0 radical (unpaired) electrons. The number of hydrogen-bond donors (Lipinski definition) is 1. The highest BCUT2D eigenvalue weighted by Gasteiger charge is 2.26. The Morgan fingerprint density at radius 2 is 1.90 bits per heavy atom. The maximum atomic E-state index is 12.9. The van der Waals surface area contributed by atoms with Gasteiger partial charge in [-0.2, -0.15) is 4.98 Å². The van der Waals surface area contributed by atoms with Crippen molar-refractivity contribution in [2.45, 2.75) is 12.5 Å². The number of fused-ring (bicyclic) bond motifs is 1. The first-order chi connectivity index (χ1) is 10.3. The number of nitrogens with zero attached hydrogens (tertiary/aromatic N) is 2. The second-order valence-electron chi connectivity index (χ2n) is 5.02. The van der Waals surface area contributed by atoms with E-state index in [1.165, 1.54) is 17.7 Å². The van der Waals surface area contributed by atoms with Gasteiger partial charge in [-0.3, -0.25) is 0 Å². The van der Waals surface area contributed by atoms with Gasteiger partial charge in [0.25, 0.3) is 0 Å². The smallest absolute Gasteiger partial charge is 0.249 e. The molecule has 0 fully saturated rings. The molecule has 2 heterocycles. The molecule has 0 aliphatic carbocycles. The predicted molar refractivity (Wildman–Crippen MR) is 76.2 cm³/mol. The number of aromatic nitrogens is 2. The van der Waals surface area contributed by atoms with Crippen LogP contribution in [0.3, 0.4) is 0 Å². The Kier molecular flexibility index (Phi) is 2.70. The average Bonchev–Trinajstić information content (AvgIpc) is 3.14. The van der Waals surface area contributed by atoms with Gasteiger partial charge in [0.05, 0.1) is 0 Å². The lowest BCUT2D eigenvalue weighted by Gasteiger charge is -2.04. The molecule has 0 amide bonds. The fourth-order valence-electron chi connectivity index (χ4n) is 2.54. The van der Waals surface area contributed by atoms with Gasteiger partial charge in [-0.1, -0.05) is 23.4 Å². The number of para-hydroxylation sites is 1. The number of halogens is 1. The SMILES string of the molecule is Fc1ccc(-c2noc(C3Cc4ccccc4N3)n2)cc1. The third kappa shape index (κ3) is 2.16. The Balaban J connectivity index is 1.60. The summed E-state index contributed by atoms with van der Waals surface area (Å²) in [6.45, 7) is 0. The van der Waals surface area contributed by atoms with Crippen molar-refractivity contribution in [3.63, 3.8) is 0 Å². The summed E-state index contributed by atoms with van der Waals surface area (Å²) in [4.78, 5) is 4.41. The first-order valence-electron chi connectivity index (χ1n) is 6.73. The van der Waals surface area contributed by atoms with Crippen LogP contribution < -0.4 is 5.32 Å². The lowest BCUT2D eigenvalue weighted by molar-refractivity contribution is 0.364. The van der Waals surface area contributed by atoms with E-state index >= 15 is 0 Å². The zero-order valence-corrected chi connectivity index (χ0v) is 11.1. The minimum atomic E-state index is -0.282. The number of anilines is 1. The lowest BCUT2D eigenvalue weighted by Crippen LogP contribution is -2.05. The summed E-state index contributed by atoms with van der Waals surface area (Å²) in [7, 11) is 0. The molecular formula is C16H12FN3O. The van der Waals surface area contributed by atoms with Crippen LogP contribution >= 0.6 is 0 Å². The van der Waals surface area contributed by atoms with Crippen molar-refractivity contribution >= 4 is 5.69 Å². The van der Waals surface area contributed by atoms with E-state index in [0.29, 0.717) is 11.7 Å². The minimum absolute atomic E-state index is 0.0101. The van der Waals surface area contributed by atoms with Crippen LogP contribution in [-0.4, -0.2) is 10.1 Å². The summed E-state index contributed by atoms with van der Waals surface area (Å²) in [6, 6.07) is 14.2. The van der Waals surface area contributed by atoms with Crippen LogP contribution in [0, 0.1) is 5.82 Å². The molecule has 0 saturated heterocycles. The molecule has 0 spiro atoms. The van der Waals surface area contributed by atoms with Crippen LogP contribution in [0.2, 0.25) is 0 Å². The van der Waals surface area contributed by atoms with Gasteiger partial charge in [0.2, 0.25) is 11.7 Å². The fourth-order valence-corrected chi connectivity index (χ4v) is 2.54. The van der Waals surface area contributed by atoms with E-state index in [-0.39, 0.29) is 11.9 Å². The highest BCUT2D eigenvalue weighted by molar-refractivity contribution is 5.58. The lowest BCUT2D eigenvalue weighted by atomic mass is 10.1. The van der Waals surface area contributed by atoms with Gasteiger partial charge in [-0.15, -0.1) is 0 Å². The van der Waals surface area contributed by atoms with E-state index in [4.69, 9.17) is 4.52 Å². The highest BCUT2D eigenvalue weighted by Crippen LogP contribution is 2.33. The maximum Gasteiger partial charge on any atom is 0.249 e. The topological polar surface area (TPSA) is 51.0 Å². The molecule has 1 unspecified atom stereocenters. The van der Waals surface area contributed by atoms with Crippen molar-refractivity contribution in [2.24, 2.45) is 0 Å². The Bertz CT molecular complexity index is 757. The molecule has 5 heteroatoms. The minimum Gasteiger partial charge on any atom is -0.373 e. The standard InChI is InChI=1S/C16H12FN3O/c17-12-7-5-10(6-8-12)15-19-16(21-20-15)14-9-11-3-1-2-4-13(11)18-14/h1-8,14,18H,9H2. The predicted octanol–water partition coefficient (Wildman–Crippen LogP) is 3.59. The number of hydrogen-bond acceptors (Lipinski definition) is 4. The van der Waals surface area contributed by atoms with Crippen LogP contribution in [0.5, 0.6) is 0 Å². The maximum absolute atomic E-state index is 12.9. The second-order valence-corrected chi connectivity index (χ2v) is 5.02. The molecule has 0 saturated carbocycles. The van der Waals surface area contributed by atoms with Crippen molar-refractivity contribution in [2.75, 3.05) is 5.32 Å². The molecule has 1 atom stereocenters. The number of benzene rings is 2. The van der Waals surface area contributed by atoms with Crippen LogP contribution in [0.1, 0.15) is 17.5 Å². The van der Waals surface area contributed by atoms with E-state index in [2.05, 4.69) is 21.5 Å². The molecule has 1 N–H and O–H groups in total. The summed E-state index contributed by atoms with van der Waals surface area (Å²) in [5.41, 5.74) is 3.08. The summed E-state index contributed by atoms with van der Waals surface area (Å²) in [5.74, 6) is 0.739. The zero-order valence-electron chi connectivity index (χ0n) is 11.1. The first-order valence-corrected chi connectivity index (χ1v) is 6.73. The van der Waals surface area contributed by atoms with Gasteiger partial charge in [0.1, 0.15) is 11.9 Å². The molecule has 0 bridgehead atoms. The van der Waals surface area contributed by atoms with E-state index in [0.717, 1.165) is 17.7 Å². The molecule has 3 aromatic rings. The number of nitrogens with one attached hydrogen (secondary N) is 1.